The van der Waals surface area contributed by atoms with Crippen LogP contribution in [0.5, 0.6) is 5.75 Å². The monoisotopic (exact) mass is 245 g/mol. The van der Waals surface area contributed by atoms with E-state index < -0.39 is 0 Å². The Morgan fingerprint density at radius 1 is 1.46 bits per heavy atom. The van der Waals surface area contributed by atoms with Crippen LogP contribution in [0.1, 0.15) is 18.0 Å². The molecule has 0 spiro atoms. The Bertz CT molecular complexity index is 291. The van der Waals surface area contributed by atoms with E-state index in [2.05, 4.69) is 15.9 Å². The third-order valence-electron chi connectivity index (χ3n) is 1.84. The fourth-order valence-electron chi connectivity index (χ4n) is 1.06. The summed E-state index contributed by atoms with van der Waals surface area (Å²) >= 11 is 3.20. The molecule has 13 heavy (non-hydrogen) atoms. The first-order chi connectivity index (χ1) is 6.15. The fraction of sp³-hybridized carbons (Fsp3) is 0.333. The van der Waals surface area contributed by atoms with Crippen molar-refractivity contribution in [2.45, 2.75) is 12.5 Å². The molecular formula is C9H12BrNO2. The van der Waals surface area contributed by atoms with Crippen molar-refractivity contribution < 1.29 is 10.2 Å². The number of rotatable bonds is 3. The van der Waals surface area contributed by atoms with Crippen LogP contribution in [0.15, 0.2) is 22.7 Å². The van der Waals surface area contributed by atoms with E-state index >= 15 is 0 Å². The van der Waals surface area contributed by atoms with Crippen molar-refractivity contribution in [3.8, 4) is 5.75 Å². The first-order valence-electron chi connectivity index (χ1n) is 4.00. The second-order valence-corrected chi connectivity index (χ2v) is 3.68. The van der Waals surface area contributed by atoms with Gasteiger partial charge in [0.2, 0.25) is 0 Å². The average molecular weight is 246 g/mol. The van der Waals surface area contributed by atoms with Crippen LogP contribution in [0, 0.1) is 0 Å². The van der Waals surface area contributed by atoms with Crippen molar-refractivity contribution in [2.75, 3.05) is 6.61 Å². The molecule has 0 aliphatic heterocycles. The van der Waals surface area contributed by atoms with Crippen molar-refractivity contribution in [3.63, 3.8) is 0 Å². The Morgan fingerprint density at radius 3 is 2.69 bits per heavy atom. The van der Waals surface area contributed by atoms with Gasteiger partial charge >= 0.3 is 0 Å². The molecule has 0 fully saturated rings. The first kappa shape index (κ1) is 10.5. The summed E-state index contributed by atoms with van der Waals surface area (Å²) in [6.07, 6.45) is 0.525. The average Bonchev–Trinajstić information content (AvgIpc) is 2.10. The molecule has 0 heterocycles. The number of aromatic hydroxyl groups is 1. The molecule has 1 atom stereocenters. The van der Waals surface area contributed by atoms with Gasteiger partial charge in [-0.3, -0.25) is 0 Å². The standard InChI is InChI=1S/C9H12BrNO2/c10-7-5-6(1-2-9(7)13)8(11)3-4-12/h1-2,5,8,12-13H,3-4,11H2/t8-/m0/s1. The molecule has 4 N–H and O–H groups in total. The molecule has 0 aliphatic carbocycles. The van der Waals surface area contributed by atoms with Gasteiger partial charge in [0, 0.05) is 12.6 Å². The summed E-state index contributed by atoms with van der Waals surface area (Å²) < 4.78 is 0.624. The molecule has 72 valence electrons. The Balaban J connectivity index is 2.84. The smallest absolute Gasteiger partial charge is 0.129 e. The van der Waals surface area contributed by atoms with Gasteiger partial charge in [0.1, 0.15) is 5.75 Å². The summed E-state index contributed by atoms with van der Waals surface area (Å²) in [5.74, 6) is 0.194. The van der Waals surface area contributed by atoms with Crippen LogP contribution in [-0.2, 0) is 0 Å². The van der Waals surface area contributed by atoms with Crippen LogP contribution in [0.4, 0.5) is 0 Å². The SMILES string of the molecule is N[C@@H](CCO)c1ccc(O)c(Br)c1. The Kier molecular flexibility index (Phi) is 3.71. The summed E-state index contributed by atoms with van der Waals surface area (Å²) in [5.41, 5.74) is 6.66. The van der Waals surface area contributed by atoms with Gasteiger partial charge in [-0.25, -0.2) is 0 Å². The van der Waals surface area contributed by atoms with Gasteiger partial charge in [-0.05, 0) is 40.0 Å². The topological polar surface area (TPSA) is 66.5 Å². The maximum absolute atomic E-state index is 9.22. The number of phenols is 1. The number of aliphatic hydroxyl groups excluding tert-OH is 1. The molecular weight excluding hydrogens is 234 g/mol. The zero-order valence-corrected chi connectivity index (χ0v) is 8.66. The van der Waals surface area contributed by atoms with E-state index in [0.29, 0.717) is 10.9 Å². The summed E-state index contributed by atoms with van der Waals surface area (Å²) in [4.78, 5) is 0. The van der Waals surface area contributed by atoms with Crippen LogP contribution in [-0.4, -0.2) is 16.8 Å². The van der Waals surface area contributed by atoms with Crippen molar-refractivity contribution in [2.24, 2.45) is 5.73 Å². The van der Waals surface area contributed by atoms with E-state index in [-0.39, 0.29) is 18.4 Å². The fourth-order valence-corrected chi connectivity index (χ4v) is 1.46. The highest BCUT2D eigenvalue weighted by atomic mass is 79.9. The van der Waals surface area contributed by atoms with Gasteiger partial charge in [-0.1, -0.05) is 6.07 Å². The Labute approximate surface area is 85.3 Å². The molecule has 3 nitrogen and oxygen atoms in total. The molecule has 1 aromatic carbocycles. The lowest BCUT2D eigenvalue weighted by atomic mass is 10.1. The highest BCUT2D eigenvalue weighted by Crippen LogP contribution is 2.27. The van der Waals surface area contributed by atoms with Crippen LogP contribution in [0.3, 0.4) is 0 Å². The van der Waals surface area contributed by atoms with Crippen molar-refractivity contribution in [3.05, 3.63) is 28.2 Å². The van der Waals surface area contributed by atoms with E-state index in [1.54, 1.807) is 18.2 Å². The number of hydrogen-bond acceptors (Lipinski definition) is 3. The lowest BCUT2D eigenvalue weighted by Crippen LogP contribution is -2.11. The highest BCUT2D eigenvalue weighted by Gasteiger charge is 2.06. The zero-order chi connectivity index (χ0) is 9.84. The van der Waals surface area contributed by atoms with E-state index in [0.717, 1.165) is 5.56 Å². The van der Waals surface area contributed by atoms with Crippen LogP contribution >= 0.6 is 15.9 Å². The number of nitrogens with two attached hydrogens (primary N) is 1. The summed E-state index contributed by atoms with van der Waals surface area (Å²) in [7, 11) is 0. The molecule has 0 radical (unpaired) electrons. The second-order valence-electron chi connectivity index (χ2n) is 2.83. The highest BCUT2D eigenvalue weighted by molar-refractivity contribution is 9.10. The largest absolute Gasteiger partial charge is 0.507 e. The molecule has 0 saturated heterocycles. The number of phenolic OH excluding ortho intramolecular Hbond substituents is 1. The van der Waals surface area contributed by atoms with Gasteiger partial charge in [0.25, 0.3) is 0 Å². The van der Waals surface area contributed by atoms with Gasteiger partial charge in [0.05, 0.1) is 4.47 Å². The second kappa shape index (κ2) is 4.60. The molecule has 0 aromatic heterocycles. The van der Waals surface area contributed by atoms with Gasteiger partial charge in [-0.15, -0.1) is 0 Å². The third kappa shape index (κ3) is 2.69. The van der Waals surface area contributed by atoms with E-state index in [4.69, 9.17) is 10.8 Å². The minimum Gasteiger partial charge on any atom is -0.507 e. The molecule has 0 aliphatic rings. The van der Waals surface area contributed by atoms with Crippen LogP contribution in [0.25, 0.3) is 0 Å². The first-order valence-corrected chi connectivity index (χ1v) is 4.79. The minimum atomic E-state index is -0.179. The molecule has 0 unspecified atom stereocenters. The van der Waals surface area contributed by atoms with Gasteiger partial charge < -0.3 is 15.9 Å². The molecule has 1 aromatic rings. The molecule has 4 heteroatoms. The zero-order valence-electron chi connectivity index (χ0n) is 7.07. The number of benzene rings is 1. The summed E-state index contributed by atoms with van der Waals surface area (Å²) in [5, 5.41) is 17.9. The lowest BCUT2D eigenvalue weighted by molar-refractivity contribution is 0.276. The van der Waals surface area contributed by atoms with Crippen molar-refractivity contribution in [1.29, 1.82) is 0 Å². The molecule has 0 amide bonds. The normalized spacial score (nSPS) is 12.8. The number of aliphatic hydroxyl groups is 1. The van der Waals surface area contributed by atoms with Crippen LogP contribution in [0.2, 0.25) is 0 Å². The summed E-state index contributed by atoms with van der Waals surface area (Å²) in [6, 6.07) is 4.91. The lowest BCUT2D eigenvalue weighted by Gasteiger charge is -2.10. The molecule has 0 bridgehead atoms. The Hall–Kier alpha value is -0.580. The van der Waals surface area contributed by atoms with E-state index in [1.807, 2.05) is 0 Å². The van der Waals surface area contributed by atoms with Gasteiger partial charge in [-0.2, -0.15) is 0 Å². The number of hydrogen-bond donors (Lipinski definition) is 3. The van der Waals surface area contributed by atoms with E-state index in [9.17, 15) is 5.11 Å². The Morgan fingerprint density at radius 2 is 2.15 bits per heavy atom. The maximum atomic E-state index is 9.22. The summed E-state index contributed by atoms with van der Waals surface area (Å²) in [6.45, 7) is 0.0691. The quantitative estimate of drug-likeness (QED) is 0.757. The maximum Gasteiger partial charge on any atom is 0.129 e. The van der Waals surface area contributed by atoms with Crippen LogP contribution < -0.4 is 5.73 Å². The third-order valence-corrected chi connectivity index (χ3v) is 2.48. The minimum absolute atomic E-state index is 0.0691. The predicted molar refractivity (Wildman–Crippen MR) is 54.4 cm³/mol. The van der Waals surface area contributed by atoms with Gasteiger partial charge in [0.15, 0.2) is 0 Å². The predicted octanol–water partition coefficient (Wildman–Crippen LogP) is 1.54. The van der Waals surface area contributed by atoms with E-state index in [1.165, 1.54) is 0 Å². The molecule has 1 rings (SSSR count). The number of halogens is 1. The molecule has 0 saturated carbocycles. The van der Waals surface area contributed by atoms with Crippen molar-refractivity contribution >= 4 is 15.9 Å². The van der Waals surface area contributed by atoms with Crippen molar-refractivity contribution in [1.82, 2.24) is 0 Å².